The third kappa shape index (κ3) is 5.40. The van der Waals surface area contributed by atoms with E-state index in [9.17, 15) is 9.59 Å². The molecule has 0 atom stereocenters. The summed E-state index contributed by atoms with van der Waals surface area (Å²) in [6, 6.07) is 20.8. The van der Waals surface area contributed by atoms with E-state index >= 15 is 0 Å². The summed E-state index contributed by atoms with van der Waals surface area (Å²) in [5, 5.41) is 5.81. The number of thiazole rings is 1. The molecule has 32 heavy (non-hydrogen) atoms. The average Bonchev–Trinajstić information content (AvgIpc) is 3.49. The largest absolute Gasteiger partial charge is 0.482 e. The van der Waals surface area contributed by atoms with Gasteiger partial charge in [0.05, 0.1) is 24.1 Å². The van der Waals surface area contributed by atoms with Crippen molar-refractivity contribution in [3.8, 4) is 26.9 Å². The lowest BCUT2D eigenvalue weighted by molar-refractivity contribution is -0.142. The zero-order valence-corrected chi connectivity index (χ0v) is 18.9. The van der Waals surface area contributed by atoms with Gasteiger partial charge in [-0.3, -0.25) is 4.79 Å². The fraction of sp³-hybridized carbons (Fsp3) is 0.125. The number of methoxy groups -OCH3 is 1. The number of hydrogen-bond donors (Lipinski definition) is 1. The van der Waals surface area contributed by atoms with Crippen molar-refractivity contribution in [1.82, 2.24) is 4.98 Å². The summed E-state index contributed by atoms with van der Waals surface area (Å²) in [5.41, 5.74) is 2.53. The second-order valence-electron chi connectivity index (χ2n) is 6.75. The van der Waals surface area contributed by atoms with Crippen LogP contribution >= 0.6 is 22.7 Å². The summed E-state index contributed by atoms with van der Waals surface area (Å²) in [5.74, 6) is -0.0685. The van der Waals surface area contributed by atoms with Gasteiger partial charge in [-0.1, -0.05) is 36.4 Å². The predicted octanol–water partition coefficient (Wildman–Crippen LogP) is 5.27. The normalized spacial score (nSPS) is 10.5. The third-order valence-corrected chi connectivity index (χ3v) is 6.50. The van der Waals surface area contributed by atoms with E-state index in [1.807, 2.05) is 47.8 Å². The molecule has 1 N–H and O–H groups in total. The maximum atomic E-state index is 12.8. The molecule has 0 radical (unpaired) electrons. The summed E-state index contributed by atoms with van der Waals surface area (Å²) in [4.78, 5) is 30.7. The first-order chi connectivity index (χ1) is 15.6. The van der Waals surface area contributed by atoms with Gasteiger partial charge in [-0.2, -0.15) is 0 Å². The molecule has 0 spiro atoms. The molecular weight excluding hydrogens is 444 g/mol. The highest BCUT2D eigenvalue weighted by molar-refractivity contribution is 7.17. The van der Waals surface area contributed by atoms with Gasteiger partial charge >= 0.3 is 5.97 Å². The molecule has 2 heterocycles. The average molecular weight is 465 g/mol. The van der Waals surface area contributed by atoms with Crippen molar-refractivity contribution in [2.75, 3.05) is 19.0 Å². The van der Waals surface area contributed by atoms with E-state index in [1.165, 1.54) is 18.4 Å². The summed E-state index contributed by atoms with van der Waals surface area (Å²) in [6.07, 6.45) is 0.221. The Kier molecular flexibility index (Phi) is 6.94. The smallest absolute Gasteiger partial charge is 0.343 e. The lowest BCUT2D eigenvalue weighted by Crippen LogP contribution is -2.14. The molecule has 0 aliphatic heterocycles. The molecule has 2 aromatic carbocycles. The Bertz CT molecular complexity index is 1190. The van der Waals surface area contributed by atoms with Crippen LogP contribution in [0.4, 0.5) is 5.69 Å². The zero-order valence-electron chi connectivity index (χ0n) is 17.2. The van der Waals surface area contributed by atoms with Crippen LogP contribution in [0.25, 0.3) is 21.1 Å². The van der Waals surface area contributed by atoms with Crippen molar-refractivity contribution in [1.29, 1.82) is 0 Å². The highest BCUT2D eigenvalue weighted by atomic mass is 32.1. The van der Waals surface area contributed by atoms with Crippen LogP contribution in [0.2, 0.25) is 0 Å². The van der Waals surface area contributed by atoms with Crippen molar-refractivity contribution >= 4 is 40.2 Å². The van der Waals surface area contributed by atoms with Crippen molar-refractivity contribution in [2.24, 2.45) is 0 Å². The van der Waals surface area contributed by atoms with Gasteiger partial charge in [-0.05, 0) is 35.7 Å². The summed E-state index contributed by atoms with van der Waals surface area (Å²) in [7, 11) is 1.31. The van der Waals surface area contributed by atoms with Gasteiger partial charge in [0.2, 0.25) is 5.91 Å². The number of ether oxygens (including phenoxy) is 2. The van der Waals surface area contributed by atoms with Gasteiger partial charge in [0.25, 0.3) is 0 Å². The van der Waals surface area contributed by atoms with Gasteiger partial charge in [0.15, 0.2) is 6.61 Å². The van der Waals surface area contributed by atoms with Crippen LogP contribution in [0, 0.1) is 0 Å². The van der Waals surface area contributed by atoms with E-state index in [-0.39, 0.29) is 18.9 Å². The highest BCUT2D eigenvalue weighted by Crippen LogP contribution is 2.36. The van der Waals surface area contributed by atoms with Gasteiger partial charge < -0.3 is 14.8 Å². The number of carbonyl (C=O) groups is 2. The van der Waals surface area contributed by atoms with Crippen LogP contribution in [0.5, 0.6) is 5.75 Å². The number of nitrogens with one attached hydrogen (secondary N) is 1. The fourth-order valence-corrected chi connectivity index (χ4v) is 4.85. The first-order valence-electron chi connectivity index (χ1n) is 9.81. The van der Waals surface area contributed by atoms with Crippen LogP contribution < -0.4 is 10.1 Å². The number of anilines is 1. The Morgan fingerprint density at radius 3 is 2.47 bits per heavy atom. The van der Waals surface area contributed by atoms with E-state index in [1.54, 1.807) is 35.6 Å². The Labute approximate surface area is 193 Å². The maximum absolute atomic E-state index is 12.8. The number of benzene rings is 2. The second kappa shape index (κ2) is 10.2. The zero-order chi connectivity index (χ0) is 22.3. The van der Waals surface area contributed by atoms with E-state index in [4.69, 9.17) is 9.72 Å². The third-order valence-electron chi connectivity index (χ3n) is 4.52. The topological polar surface area (TPSA) is 77.5 Å². The van der Waals surface area contributed by atoms with E-state index in [0.717, 1.165) is 26.0 Å². The van der Waals surface area contributed by atoms with Gasteiger partial charge in [-0.25, -0.2) is 9.78 Å². The summed E-state index contributed by atoms with van der Waals surface area (Å²) < 4.78 is 9.87. The molecule has 2 aromatic heterocycles. The van der Waals surface area contributed by atoms with Crippen LogP contribution in [-0.4, -0.2) is 30.6 Å². The van der Waals surface area contributed by atoms with Crippen molar-refractivity contribution < 1.29 is 19.1 Å². The Balaban J connectivity index is 1.47. The molecule has 1 amide bonds. The van der Waals surface area contributed by atoms with Gasteiger partial charge in [0, 0.05) is 16.1 Å². The lowest BCUT2D eigenvalue weighted by atomic mass is 10.2. The summed E-state index contributed by atoms with van der Waals surface area (Å²) in [6.45, 7) is -0.164. The molecule has 0 bridgehead atoms. The molecular formula is C24H20N2O4S2. The molecule has 0 aliphatic carbocycles. The Hall–Kier alpha value is -3.49. The molecule has 4 rings (SSSR count). The molecule has 0 aliphatic rings. The Morgan fingerprint density at radius 2 is 1.78 bits per heavy atom. The van der Waals surface area contributed by atoms with Gasteiger partial charge in [0.1, 0.15) is 10.8 Å². The second-order valence-corrected chi connectivity index (χ2v) is 8.78. The van der Waals surface area contributed by atoms with Crippen LogP contribution in [0.1, 0.15) is 4.88 Å². The SMILES string of the molecule is COC(=O)COc1ccc(NC(=O)Cc2sc(-c3ccccc3)nc2-c2cccs2)cc1. The first kappa shape index (κ1) is 21.7. The number of aromatic nitrogens is 1. The number of amides is 1. The molecule has 6 nitrogen and oxygen atoms in total. The number of hydrogen-bond acceptors (Lipinski definition) is 7. The van der Waals surface area contributed by atoms with E-state index in [0.29, 0.717) is 11.4 Å². The lowest BCUT2D eigenvalue weighted by Gasteiger charge is -2.07. The minimum Gasteiger partial charge on any atom is -0.482 e. The number of nitrogens with zero attached hydrogens (tertiary/aromatic N) is 1. The molecule has 0 saturated heterocycles. The van der Waals surface area contributed by atoms with Crippen LogP contribution in [-0.2, 0) is 20.7 Å². The standard InChI is InChI=1S/C24H20N2O4S2/c1-29-22(28)15-30-18-11-9-17(10-12-18)25-21(27)14-20-23(19-8-5-13-31-19)26-24(32-20)16-6-3-2-4-7-16/h2-13H,14-15H2,1H3,(H,25,27). The minimum absolute atomic E-state index is 0.130. The first-order valence-corrected chi connectivity index (χ1v) is 11.5. The molecule has 162 valence electrons. The van der Waals surface area contributed by atoms with Gasteiger partial charge in [-0.15, -0.1) is 22.7 Å². The number of rotatable bonds is 8. The minimum atomic E-state index is -0.455. The summed E-state index contributed by atoms with van der Waals surface area (Å²) >= 11 is 3.14. The molecule has 8 heteroatoms. The van der Waals surface area contributed by atoms with E-state index in [2.05, 4.69) is 10.1 Å². The monoisotopic (exact) mass is 464 g/mol. The predicted molar refractivity (Wildman–Crippen MR) is 127 cm³/mol. The van der Waals surface area contributed by atoms with Crippen LogP contribution in [0.15, 0.2) is 72.1 Å². The number of carbonyl (C=O) groups excluding carboxylic acids is 2. The molecule has 0 fully saturated rings. The maximum Gasteiger partial charge on any atom is 0.343 e. The van der Waals surface area contributed by atoms with E-state index < -0.39 is 5.97 Å². The quantitative estimate of drug-likeness (QED) is 0.359. The fourth-order valence-electron chi connectivity index (χ4n) is 2.97. The molecule has 0 saturated carbocycles. The van der Waals surface area contributed by atoms with Crippen molar-refractivity contribution in [3.05, 3.63) is 77.0 Å². The number of esters is 1. The number of thiophene rings is 1. The van der Waals surface area contributed by atoms with Crippen LogP contribution in [0.3, 0.4) is 0 Å². The van der Waals surface area contributed by atoms with Crippen molar-refractivity contribution in [3.63, 3.8) is 0 Å². The van der Waals surface area contributed by atoms with Crippen molar-refractivity contribution in [2.45, 2.75) is 6.42 Å². The molecule has 4 aromatic rings. The molecule has 0 unspecified atom stereocenters. The highest BCUT2D eigenvalue weighted by Gasteiger charge is 2.18. The Morgan fingerprint density at radius 1 is 1.00 bits per heavy atom.